The first kappa shape index (κ1) is 34.4. The van der Waals surface area contributed by atoms with Crippen molar-refractivity contribution in [3.63, 3.8) is 0 Å². The van der Waals surface area contributed by atoms with Gasteiger partial charge in [0, 0.05) is 42.3 Å². The van der Waals surface area contributed by atoms with Crippen molar-refractivity contribution in [2.75, 3.05) is 69.5 Å². The molecule has 5 aromatic rings. The number of methoxy groups -OCH3 is 1. The molecule has 2 aliphatic heterocycles. The third-order valence-corrected chi connectivity index (χ3v) is 10.2. The Morgan fingerprint density at radius 3 is 2.57 bits per heavy atom. The number of alkyl halides is 3. The molecule has 0 spiro atoms. The second-order valence-electron chi connectivity index (χ2n) is 12.2. The number of aryl methyl sites for hydroxylation is 1. The highest BCUT2D eigenvalue weighted by Gasteiger charge is 2.44. The largest absolute Gasteiger partial charge is 0.490 e. The van der Waals surface area contributed by atoms with Crippen molar-refractivity contribution < 1.29 is 36.2 Å². The normalized spacial score (nSPS) is 15.8. The van der Waals surface area contributed by atoms with Gasteiger partial charge in [0.25, 0.3) is 0 Å². The number of nitrogen functional groups attached to an aromatic ring is 2. The van der Waals surface area contributed by atoms with Gasteiger partial charge >= 0.3 is 12.2 Å². The van der Waals surface area contributed by atoms with Gasteiger partial charge in [-0.25, -0.2) is 13.8 Å². The fraction of sp³-hybridized carbons (Fsp3) is 0.353. The van der Waals surface area contributed by atoms with Gasteiger partial charge in [-0.3, -0.25) is 4.90 Å². The Balaban J connectivity index is 1.53. The Morgan fingerprint density at radius 1 is 1.10 bits per heavy atom. The van der Waals surface area contributed by atoms with Crippen LogP contribution in [0, 0.1) is 29.9 Å². The zero-order valence-electron chi connectivity index (χ0n) is 27.4. The van der Waals surface area contributed by atoms with Crippen molar-refractivity contribution in [2.45, 2.75) is 25.6 Å². The molecule has 0 bridgehead atoms. The molecular formula is C34H31F5N8O3S. The number of thiophene rings is 1. The van der Waals surface area contributed by atoms with Crippen LogP contribution in [0.25, 0.3) is 32.1 Å². The van der Waals surface area contributed by atoms with Crippen molar-refractivity contribution >= 4 is 49.0 Å². The fourth-order valence-corrected chi connectivity index (χ4v) is 7.82. The Kier molecular flexibility index (Phi) is 8.94. The number of morpholine rings is 1. The average Bonchev–Trinajstić information content (AvgIpc) is 3.34. The molecule has 17 heteroatoms. The van der Waals surface area contributed by atoms with Crippen LogP contribution in [0.5, 0.6) is 11.8 Å². The summed E-state index contributed by atoms with van der Waals surface area (Å²) in [5.74, 6) is -2.77. The van der Waals surface area contributed by atoms with E-state index in [0.717, 1.165) is 17.7 Å². The summed E-state index contributed by atoms with van der Waals surface area (Å²) in [6, 6.07) is 4.68. The van der Waals surface area contributed by atoms with Crippen molar-refractivity contribution in [3.8, 4) is 29.0 Å². The monoisotopic (exact) mass is 726 g/mol. The van der Waals surface area contributed by atoms with E-state index in [-0.39, 0.29) is 56.8 Å². The third-order valence-electron chi connectivity index (χ3n) is 9.16. The third kappa shape index (κ3) is 5.96. The van der Waals surface area contributed by atoms with Crippen LogP contribution >= 0.6 is 11.3 Å². The zero-order chi connectivity index (χ0) is 36.2. The maximum Gasteiger partial charge on any atom is 0.420 e. The minimum Gasteiger partial charge on any atom is -0.490 e. The number of ether oxygens (including phenoxy) is 3. The average molecular weight is 727 g/mol. The van der Waals surface area contributed by atoms with Crippen LogP contribution in [0.4, 0.5) is 38.6 Å². The molecule has 51 heavy (non-hydrogen) atoms. The standard InChI is InChI=1S/C34H31F5N8O3S/c1-16-13-18(30(41)43-15-16)21(5-6-46-7-10-49-11-8-46)47-9-12-50-28-24-27(44-33(48-2)45-32(24)47)26(36)23(25(28)34(37,38)39)17-3-4-20(35)29-22(17)19(14-40)31(42)51-29/h3-4,13,15,21H,5-12,42H2,1-2H3,(H2,41,43)/t21-/m1/s1. The zero-order valence-corrected chi connectivity index (χ0v) is 28.2. The maximum atomic E-state index is 17.2. The van der Waals surface area contributed by atoms with E-state index in [0.29, 0.717) is 56.2 Å². The van der Waals surface area contributed by atoms with E-state index in [1.54, 1.807) is 11.1 Å². The highest BCUT2D eigenvalue weighted by Crippen LogP contribution is 2.54. The van der Waals surface area contributed by atoms with E-state index < -0.39 is 51.8 Å². The van der Waals surface area contributed by atoms with E-state index >= 15 is 17.6 Å². The van der Waals surface area contributed by atoms with Gasteiger partial charge in [-0.2, -0.15) is 28.4 Å². The van der Waals surface area contributed by atoms with Gasteiger partial charge in [-0.05, 0) is 36.6 Å². The summed E-state index contributed by atoms with van der Waals surface area (Å²) in [6.45, 7) is 4.65. The molecular weight excluding hydrogens is 695 g/mol. The first-order valence-electron chi connectivity index (χ1n) is 15.9. The van der Waals surface area contributed by atoms with E-state index in [1.165, 1.54) is 7.11 Å². The van der Waals surface area contributed by atoms with Crippen LogP contribution < -0.4 is 25.8 Å². The van der Waals surface area contributed by atoms with E-state index in [1.807, 2.05) is 19.1 Å². The van der Waals surface area contributed by atoms with Gasteiger partial charge in [0.2, 0.25) is 0 Å². The Labute approximate surface area is 292 Å². The lowest BCUT2D eigenvalue weighted by Crippen LogP contribution is -2.40. The van der Waals surface area contributed by atoms with E-state index in [2.05, 4.69) is 19.9 Å². The number of nitrogens with two attached hydrogens (primary N) is 2. The molecule has 0 aliphatic carbocycles. The lowest BCUT2D eigenvalue weighted by Gasteiger charge is -2.35. The van der Waals surface area contributed by atoms with Crippen LogP contribution in [0.3, 0.4) is 0 Å². The number of halogens is 5. The number of benzene rings is 2. The maximum absolute atomic E-state index is 17.2. The second kappa shape index (κ2) is 13.2. The molecule has 2 aliphatic rings. The number of hydrogen-bond donors (Lipinski definition) is 2. The molecule has 3 aromatic heterocycles. The summed E-state index contributed by atoms with van der Waals surface area (Å²) < 4.78 is 95.0. The molecule has 1 saturated heterocycles. The van der Waals surface area contributed by atoms with Crippen LogP contribution in [0.15, 0.2) is 24.4 Å². The molecule has 1 fully saturated rings. The number of nitrogens with zero attached hydrogens (tertiary/aromatic N) is 6. The lowest BCUT2D eigenvalue weighted by atomic mass is 9.91. The summed E-state index contributed by atoms with van der Waals surface area (Å²) in [7, 11) is 1.25. The number of aromatic nitrogens is 3. The number of nitriles is 1. The summed E-state index contributed by atoms with van der Waals surface area (Å²) in [4.78, 5) is 17.0. The molecule has 0 amide bonds. The summed E-state index contributed by atoms with van der Waals surface area (Å²) in [5, 5.41) is 9.17. The molecule has 0 unspecified atom stereocenters. The smallest absolute Gasteiger partial charge is 0.420 e. The van der Waals surface area contributed by atoms with Crippen molar-refractivity contribution in [1.29, 1.82) is 5.26 Å². The van der Waals surface area contributed by atoms with Gasteiger partial charge in [0.15, 0.2) is 5.82 Å². The molecule has 2 aromatic carbocycles. The van der Waals surface area contributed by atoms with Gasteiger partial charge in [-0.1, -0.05) is 6.07 Å². The van der Waals surface area contributed by atoms with Gasteiger partial charge in [0.1, 0.15) is 52.0 Å². The molecule has 1 atom stereocenters. The number of anilines is 3. The van der Waals surface area contributed by atoms with E-state index in [9.17, 15) is 9.65 Å². The van der Waals surface area contributed by atoms with Crippen molar-refractivity contribution in [2.24, 2.45) is 0 Å². The number of hydrogen-bond acceptors (Lipinski definition) is 12. The van der Waals surface area contributed by atoms with Gasteiger partial charge < -0.3 is 30.6 Å². The molecule has 0 radical (unpaired) electrons. The quantitative estimate of drug-likeness (QED) is 0.184. The highest BCUT2D eigenvalue weighted by molar-refractivity contribution is 7.23. The van der Waals surface area contributed by atoms with Crippen molar-refractivity contribution in [3.05, 3.63) is 58.3 Å². The number of rotatable bonds is 7. The van der Waals surface area contributed by atoms with Crippen LogP contribution in [-0.2, 0) is 10.9 Å². The molecule has 11 nitrogen and oxygen atoms in total. The fourth-order valence-electron chi connectivity index (χ4n) is 6.87. The molecule has 5 heterocycles. The van der Waals surface area contributed by atoms with Crippen LogP contribution in [0.1, 0.15) is 34.7 Å². The minimum absolute atomic E-state index is 0.0137. The predicted molar refractivity (Wildman–Crippen MR) is 182 cm³/mol. The van der Waals surface area contributed by atoms with Gasteiger partial charge in [-0.15, -0.1) is 11.3 Å². The molecule has 7 rings (SSSR count). The molecule has 0 saturated carbocycles. The summed E-state index contributed by atoms with van der Waals surface area (Å²) in [5.41, 5.74) is 10.2. The number of pyridine rings is 1. The van der Waals surface area contributed by atoms with E-state index in [4.69, 9.17) is 25.7 Å². The second-order valence-corrected chi connectivity index (χ2v) is 13.2. The van der Waals surface area contributed by atoms with Crippen LogP contribution in [-0.4, -0.2) is 73.0 Å². The topological polar surface area (TPSA) is 149 Å². The SMILES string of the molecule is COc1nc2c3c(c(C(F)(F)F)c(-c4ccc(F)c5sc(N)c(C#N)c45)c(F)c3n1)OCCN2[C@H](CCN1CCOCC1)c1cc(C)cnc1N. The lowest BCUT2D eigenvalue weighted by molar-refractivity contribution is -0.138. The van der Waals surface area contributed by atoms with Gasteiger partial charge in [0.05, 0.1) is 48.6 Å². The predicted octanol–water partition coefficient (Wildman–Crippen LogP) is 6.22. The number of fused-ring (bicyclic) bond motifs is 1. The minimum atomic E-state index is -5.21. The summed E-state index contributed by atoms with van der Waals surface area (Å²) >= 11 is 0.680. The van der Waals surface area contributed by atoms with Crippen LogP contribution in [0.2, 0.25) is 0 Å². The summed E-state index contributed by atoms with van der Waals surface area (Å²) in [6.07, 6.45) is -3.15. The first-order valence-corrected chi connectivity index (χ1v) is 16.7. The molecule has 4 N–H and O–H groups in total. The van der Waals surface area contributed by atoms with Crippen molar-refractivity contribution in [1.82, 2.24) is 19.9 Å². The Morgan fingerprint density at radius 2 is 1.86 bits per heavy atom. The highest BCUT2D eigenvalue weighted by atomic mass is 32.1. The molecule has 266 valence electrons. The Bertz CT molecular complexity index is 2220. The first-order chi connectivity index (χ1) is 24.4. The Hall–Kier alpha value is -5.05.